The number of para-hydroxylation sites is 1. The Balaban J connectivity index is 1.64. The van der Waals surface area contributed by atoms with E-state index in [4.69, 9.17) is 0 Å². The molecule has 0 fully saturated rings. The van der Waals surface area contributed by atoms with Crippen LogP contribution in [0, 0.1) is 6.92 Å². The number of sulfonamides is 1. The van der Waals surface area contributed by atoms with Gasteiger partial charge in [0, 0.05) is 16.8 Å². The molecule has 0 saturated carbocycles. The van der Waals surface area contributed by atoms with Crippen molar-refractivity contribution < 1.29 is 18.3 Å². The molecule has 8 heteroatoms. The van der Waals surface area contributed by atoms with Crippen LogP contribution >= 0.6 is 0 Å². The van der Waals surface area contributed by atoms with E-state index in [0.717, 1.165) is 5.56 Å². The van der Waals surface area contributed by atoms with Crippen molar-refractivity contribution in [3.63, 3.8) is 0 Å². The number of allylic oxidation sites excluding steroid dienone is 1. The molecule has 3 aromatic carbocycles. The largest absolute Gasteiger partial charge is 0.507 e. The van der Waals surface area contributed by atoms with Crippen molar-refractivity contribution in [1.82, 2.24) is 5.43 Å². The third-order valence-corrected chi connectivity index (χ3v) is 6.01. The van der Waals surface area contributed by atoms with Crippen LogP contribution in [0.3, 0.4) is 0 Å². The summed E-state index contributed by atoms with van der Waals surface area (Å²) in [5, 5.41) is 14.1. The summed E-state index contributed by atoms with van der Waals surface area (Å²) in [7, 11) is -3.72. The number of aryl methyl sites for hydroxylation is 1. The van der Waals surface area contributed by atoms with Gasteiger partial charge in [0.2, 0.25) is 0 Å². The number of hydrogen-bond donors (Lipinski definition) is 3. The fraction of sp³-hybridized carbons (Fsp3) is 0.0833. The van der Waals surface area contributed by atoms with Crippen molar-refractivity contribution in [3.8, 4) is 5.75 Å². The summed E-state index contributed by atoms with van der Waals surface area (Å²) in [6.45, 7) is 5.53. The lowest BCUT2D eigenvalue weighted by atomic mass is 10.1. The number of nitrogens with one attached hydrogen (secondary N) is 2. The molecule has 3 aromatic rings. The molecule has 32 heavy (non-hydrogen) atoms. The van der Waals surface area contributed by atoms with E-state index in [1.165, 1.54) is 42.6 Å². The van der Waals surface area contributed by atoms with Gasteiger partial charge in [-0.2, -0.15) is 5.10 Å². The molecule has 3 N–H and O–H groups in total. The zero-order chi connectivity index (χ0) is 23.1. The van der Waals surface area contributed by atoms with E-state index in [1.54, 1.807) is 36.4 Å². The van der Waals surface area contributed by atoms with Crippen LogP contribution in [0.1, 0.15) is 27.0 Å². The topological polar surface area (TPSA) is 108 Å². The number of benzene rings is 3. The molecule has 3 rings (SSSR count). The number of amides is 1. The van der Waals surface area contributed by atoms with Crippen molar-refractivity contribution in [1.29, 1.82) is 0 Å². The molecular weight excluding hydrogens is 426 g/mol. The van der Waals surface area contributed by atoms with Gasteiger partial charge in [0.05, 0.1) is 11.1 Å². The number of phenols is 1. The number of carbonyl (C=O) groups excluding carboxylic acids is 1. The SMILES string of the molecule is C=CCc1cccc(C=NNC(=O)c2ccc(NS(=O)(=O)c3ccc(C)cc3)cc2)c1O. The fourth-order valence-corrected chi connectivity index (χ4v) is 3.94. The minimum atomic E-state index is -3.72. The first-order valence-corrected chi connectivity index (χ1v) is 11.2. The fourth-order valence-electron chi connectivity index (χ4n) is 2.88. The molecule has 7 nitrogen and oxygen atoms in total. The number of rotatable bonds is 8. The first kappa shape index (κ1) is 22.8. The quantitative estimate of drug-likeness (QED) is 0.274. The highest BCUT2D eigenvalue weighted by Crippen LogP contribution is 2.21. The standard InChI is InChI=1S/C24H23N3O4S/c1-3-5-18-6-4-7-20(23(18)28)16-25-26-24(29)19-10-12-21(13-11-19)27-32(30,31)22-14-8-17(2)9-15-22/h3-4,6-16,27-28H,1,5H2,2H3,(H,26,29). The Kier molecular flexibility index (Phi) is 7.07. The van der Waals surface area contributed by atoms with Crippen LogP contribution in [-0.4, -0.2) is 25.6 Å². The predicted molar refractivity (Wildman–Crippen MR) is 125 cm³/mol. The smallest absolute Gasteiger partial charge is 0.271 e. The molecule has 0 spiro atoms. The molecule has 0 aliphatic rings. The van der Waals surface area contributed by atoms with Gasteiger partial charge in [0.1, 0.15) is 5.75 Å². The third kappa shape index (κ3) is 5.61. The third-order valence-electron chi connectivity index (χ3n) is 4.62. The van der Waals surface area contributed by atoms with Crippen molar-refractivity contribution in [2.24, 2.45) is 5.10 Å². The predicted octanol–water partition coefficient (Wildman–Crippen LogP) is 3.99. The first-order chi connectivity index (χ1) is 15.3. The average molecular weight is 450 g/mol. The van der Waals surface area contributed by atoms with Gasteiger partial charge in [-0.3, -0.25) is 9.52 Å². The highest BCUT2D eigenvalue weighted by Gasteiger charge is 2.14. The van der Waals surface area contributed by atoms with Gasteiger partial charge in [-0.1, -0.05) is 35.9 Å². The van der Waals surface area contributed by atoms with E-state index in [-0.39, 0.29) is 10.6 Å². The molecule has 0 radical (unpaired) electrons. The second kappa shape index (κ2) is 9.93. The molecule has 0 saturated heterocycles. The van der Waals surface area contributed by atoms with Gasteiger partial charge in [-0.25, -0.2) is 13.8 Å². The minimum Gasteiger partial charge on any atom is -0.507 e. The normalized spacial score (nSPS) is 11.3. The van der Waals surface area contributed by atoms with E-state index in [0.29, 0.717) is 28.8 Å². The lowest BCUT2D eigenvalue weighted by Crippen LogP contribution is -2.18. The summed E-state index contributed by atoms with van der Waals surface area (Å²) < 4.78 is 27.4. The molecule has 0 aliphatic carbocycles. The summed E-state index contributed by atoms with van der Waals surface area (Å²) in [5.41, 5.74) is 5.14. The number of hydrazone groups is 1. The Morgan fingerprint density at radius 3 is 2.41 bits per heavy atom. The van der Waals surface area contributed by atoms with Gasteiger partial charge in [0.25, 0.3) is 15.9 Å². The summed E-state index contributed by atoms with van der Waals surface area (Å²) >= 11 is 0. The lowest BCUT2D eigenvalue weighted by Gasteiger charge is -2.09. The maximum atomic E-state index is 12.5. The highest BCUT2D eigenvalue weighted by atomic mass is 32.2. The number of carbonyl (C=O) groups is 1. The Morgan fingerprint density at radius 2 is 1.75 bits per heavy atom. The maximum absolute atomic E-state index is 12.5. The Bertz CT molecular complexity index is 1250. The molecule has 1 amide bonds. The van der Waals surface area contributed by atoms with Crippen LogP contribution in [0.25, 0.3) is 0 Å². The molecule has 0 aliphatic heterocycles. The Hall–Kier alpha value is -3.91. The van der Waals surface area contributed by atoms with E-state index in [1.807, 2.05) is 6.92 Å². The van der Waals surface area contributed by atoms with Crippen LogP contribution in [0.15, 0.2) is 89.4 Å². The second-order valence-electron chi connectivity index (χ2n) is 7.04. The van der Waals surface area contributed by atoms with Crippen molar-refractivity contribution >= 4 is 27.8 Å². The van der Waals surface area contributed by atoms with Crippen LogP contribution < -0.4 is 10.1 Å². The van der Waals surface area contributed by atoms with Gasteiger partial charge in [0.15, 0.2) is 0 Å². The highest BCUT2D eigenvalue weighted by molar-refractivity contribution is 7.92. The van der Waals surface area contributed by atoms with Gasteiger partial charge < -0.3 is 5.11 Å². The average Bonchev–Trinajstić information content (AvgIpc) is 2.77. The number of hydrogen-bond acceptors (Lipinski definition) is 5. The van der Waals surface area contributed by atoms with Gasteiger partial charge in [-0.05, 0) is 61.4 Å². The van der Waals surface area contributed by atoms with Crippen LogP contribution in [0.4, 0.5) is 5.69 Å². The summed E-state index contributed by atoms with van der Waals surface area (Å²) in [4.78, 5) is 12.5. The van der Waals surface area contributed by atoms with E-state index < -0.39 is 15.9 Å². The zero-order valence-electron chi connectivity index (χ0n) is 17.4. The van der Waals surface area contributed by atoms with Crippen molar-refractivity contribution in [3.05, 3.63) is 102 Å². The summed E-state index contributed by atoms with van der Waals surface area (Å²) in [5.74, 6) is -0.397. The molecule has 0 atom stereocenters. The Morgan fingerprint density at radius 1 is 1.06 bits per heavy atom. The first-order valence-electron chi connectivity index (χ1n) is 9.75. The second-order valence-corrected chi connectivity index (χ2v) is 8.73. The number of nitrogens with zero attached hydrogens (tertiary/aromatic N) is 1. The molecule has 0 unspecified atom stereocenters. The van der Waals surface area contributed by atoms with E-state index in [9.17, 15) is 18.3 Å². The molecule has 164 valence electrons. The number of phenolic OH excluding ortho intramolecular Hbond substituents is 1. The Labute approximate surface area is 187 Å². The van der Waals surface area contributed by atoms with Crippen LogP contribution in [0.2, 0.25) is 0 Å². The lowest BCUT2D eigenvalue weighted by molar-refractivity contribution is 0.0955. The molecular formula is C24H23N3O4S. The molecule has 0 heterocycles. The van der Waals surface area contributed by atoms with Gasteiger partial charge >= 0.3 is 0 Å². The zero-order valence-corrected chi connectivity index (χ0v) is 18.3. The monoisotopic (exact) mass is 449 g/mol. The van der Waals surface area contributed by atoms with Crippen LogP contribution in [0.5, 0.6) is 5.75 Å². The summed E-state index contributed by atoms with van der Waals surface area (Å²) in [6.07, 6.45) is 3.55. The minimum absolute atomic E-state index is 0.0793. The van der Waals surface area contributed by atoms with Crippen LogP contribution in [-0.2, 0) is 16.4 Å². The molecule has 0 aromatic heterocycles. The van der Waals surface area contributed by atoms with Gasteiger partial charge in [-0.15, -0.1) is 6.58 Å². The van der Waals surface area contributed by atoms with E-state index in [2.05, 4.69) is 21.8 Å². The van der Waals surface area contributed by atoms with Crippen molar-refractivity contribution in [2.45, 2.75) is 18.2 Å². The van der Waals surface area contributed by atoms with E-state index >= 15 is 0 Å². The molecule has 0 bridgehead atoms. The van der Waals surface area contributed by atoms with Crippen molar-refractivity contribution in [2.75, 3.05) is 4.72 Å². The number of aromatic hydroxyl groups is 1. The summed E-state index contributed by atoms with van der Waals surface area (Å²) in [6, 6.07) is 17.7. The maximum Gasteiger partial charge on any atom is 0.271 e. The number of anilines is 1.